The fraction of sp³-hybridized carbons (Fsp3) is 0.667. The first-order valence-corrected chi connectivity index (χ1v) is 4.34. The fourth-order valence-corrected chi connectivity index (χ4v) is 1.01. The van der Waals surface area contributed by atoms with Crippen LogP contribution in [0.25, 0.3) is 0 Å². The maximum atomic E-state index is 12.8. The fourth-order valence-electron chi connectivity index (χ4n) is 0.586. The van der Waals surface area contributed by atoms with Gasteiger partial charge in [0.1, 0.15) is 0 Å². The Labute approximate surface area is 93.1 Å². The summed E-state index contributed by atoms with van der Waals surface area (Å²) in [5.74, 6) is 0. The van der Waals surface area contributed by atoms with Gasteiger partial charge in [0.15, 0.2) is 0 Å². The second-order valence-electron chi connectivity index (χ2n) is 2.46. The molecule has 0 saturated heterocycles. The highest BCUT2D eigenvalue weighted by atomic mass is 127. The summed E-state index contributed by atoms with van der Waals surface area (Å²) in [6.45, 7) is -1.10. The minimum atomic E-state index is -6.11. The minimum Gasteiger partial charge on any atom is -0.391 e. The number of halogens is 8. The van der Waals surface area contributed by atoms with E-state index in [1.54, 1.807) is 0 Å². The van der Waals surface area contributed by atoms with Gasteiger partial charge >= 0.3 is 18.0 Å². The van der Waals surface area contributed by atoms with Gasteiger partial charge in [0.2, 0.25) is 0 Å². The molecule has 90 valence electrons. The first kappa shape index (κ1) is 14.9. The van der Waals surface area contributed by atoms with Gasteiger partial charge in [-0.3, -0.25) is 0 Å². The number of alkyl halides is 7. The van der Waals surface area contributed by atoms with Crippen molar-refractivity contribution in [2.75, 3.05) is 6.61 Å². The molecule has 0 aromatic carbocycles. The van der Waals surface area contributed by atoms with Crippen LogP contribution < -0.4 is 0 Å². The maximum Gasteiger partial charge on any atom is 0.435 e. The van der Waals surface area contributed by atoms with Gasteiger partial charge < -0.3 is 5.11 Å². The van der Waals surface area contributed by atoms with Crippen molar-refractivity contribution in [3.63, 3.8) is 0 Å². The number of hydrogen-bond donors (Lipinski definition) is 1. The molecule has 0 aliphatic heterocycles. The minimum absolute atomic E-state index is 0.687. The summed E-state index contributed by atoms with van der Waals surface area (Å²) in [5.41, 5.74) is -5.43. The zero-order valence-corrected chi connectivity index (χ0v) is 8.91. The molecule has 1 nitrogen and oxygen atoms in total. The van der Waals surface area contributed by atoms with Gasteiger partial charge in [-0.05, 0) is 28.7 Å². The molecular weight excluding hydrogens is 348 g/mol. The molecule has 9 heteroatoms. The lowest BCUT2D eigenvalue weighted by Gasteiger charge is -2.27. The molecule has 0 radical (unpaired) electrons. The quantitative estimate of drug-likeness (QED) is 0.598. The zero-order valence-electron chi connectivity index (χ0n) is 6.76. The van der Waals surface area contributed by atoms with Crippen molar-refractivity contribution in [2.45, 2.75) is 18.0 Å². The monoisotopic (exact) mass is 352 g/mol. The van der Waals surface area contributed by atoms with Crippen molar-refractivity contribution in [1.29, 1.82) is 0 Å². The van der Waals surface area contributed by atoms with Gasteiger partial charge in [0.05, 0.1) is 6.61 Å². The largest absolute Gasteiger partial charge is 0.435 e. The van der Waals surface area contributed by atoms with E-state index in [1.807, 2.05) is 0 Å². The number of rotatable bonds is 2. The third-order valence-electron chi connectivity index (χ3n) is 1.33. The molecule has 0 atom stereocenters. The predicted octanol–water partition coefficient (Wildman–Crippen LogP) is 3.13. The van der Waals surface area contributed by atoms with Crippen LogP contribution >= 0.6 is 22.6 Å². The number of aliphatic hydroxyl groups excluding tert-OH is 1. The lowest BCUT2D eigenvalue weighted by atomic mass is 10.0. The number of aliphatic hydroxyl groups is 1. The zero-order chi connectivity index (χ0) is 12.5. The van der Waals surface area contributed by atoms with Gasteiger partial charge in [-0.2, -0.15) is 26.3 Å². The molecule has 0 rings (SSSR count). The Balaban J connectivity index is 5.44. The molecule has 0 saturated carbocycles. The van der Waals surface area contributed by atoms with Crippen molar-refractivity contribution in [1.82, 2.24) is 0 Å². The van der Waals surface area contributed by atoms with Crippen LogP contribution in [0, 0.1) is 0 Å². The molecule has 0 bridgehead atoms. The predicted molar refractivity (Wildman–Crippen MR) is 45.1 cm³/mol. The summed E-state index contributed by atoms with van der Waals surface area (Å²) in [5, 5.41) is 8.25. The smallest absolute Gasteiger partial charge is 0.391 e. The Morgan fingerprint density at radius 1 is 1.00 bits per heavy atom. The molecule has 0 aromatic rings. The maximum absolute atomic E-state index is 12.8. The van der Waals surface area contributed by atoms with E-state index in [0.717, 1.165) is 22.6 Å². The van der Waals surface area contributed by atoms with Crippen LogP contribution in [-0.4, -0.2) is 29.7 Å². The lowest BCUT2D eigenvalue weighted by molar-refractivity contribution is -0.322. The molecule has 0 spiro atoms. The molecule has 0 aliphatic carbocycles. The SMILES string of the molecule is OC/C(I)=C/C(F)(C(F)(F)F)C(F)(F)F. The van der Waals surface area contributed by atoms with Gasteiger partial charge in [0.25, 0.3) is 0 Å². The van der Waals surface area contributed by atoms with E-state index in [0.29, 0.717) is 0 Å². The number of allylic oxidation sites excluding steroid dienone is 1. The lowest BCUT2D eigenvalue weighted by Crippen LogP contribution is -2.51. The average Bonchev–Trinajstić information content (AvgIpc) is 1.99. The van der Waals surface area contributed by atoms with Crippen LogP contribution in [0.5, 0.6) is 0 Å². The summed E-state index contributed by atoms with van der Waals surface area (Å²) in [6.07, 6.45) is -12.9. The molecule has 0 amide bonds. The Bertz CT molecular complexity index is 239. The molecule has 0 aliphatic rings. The standard InChI is InChI=1S/C6H4F7IO/c7-4(5(8,9)10,6(11,12)13)1-3(14)2-15/h1,15H,2H2/b3-1-. The number of hydrogen-bond acceptors (Lipinski definition) is 1. The van der Waals surface area contributed by atoms with Crippen LogP contribution in [0.3, 0.4) is 0 Å². The Hall–Kier alpha value is -0.0600. The van der Waals surface area contributed by atoms with Gasteiger partial charge in [-0.1, -0.05) is 0 Å². The average molecular weight is 352 g/mol. The van der Waals surface area contributed by atoms with E-state index in [1.165, 1.54) is 0 Å². The first-order chi connectivity index (χ1) is 6.45. The van der Waals surface area contributed by atoms with Gasteiger partial charge in [-0.15, -0.1) is 0 Å². The molecule has 0 heterocycles. The van der Waals surface area contributed by atoms with Crippen molar-refractivity contribution in [3.8, 4) is 0 Å². The van der Waals surface area contributed by atoms with Crippen LogP contribution in [0.15, 0.2) is 9.66 Å². The topological polar surface area (TPSA) is 20.2 Å². The Morgan fingerprint density at radius 3 is 1.53 bits per heavy atom. The van der Waals surface area contributed by atoms with Crippen molar-refractivity contribution < 1.29 is 35.8 Å². The van der Waals surface area contributed by atoms with E-state index in [2.05, 4.69) is 0 Å². The second-order valence-corrected chi connectivity index (χ2v) is 3.84. The third kappa shape index (κ3) is 3.20. The van der Waals surface area contributed by atoms with E-state index >= 15 is 0 Å². The molecular formula is C6H4F7IO. The van der Waals surface area contributed by atoms with Gasteiger partial charge in [0, 0.05) is 3.58 Å². The summed E-state index contributed by atoms with van der Waals surface area (Å²) >= 11 is 0.982. The summed E-state index contributed by atoms with van der Waals surface area (Å²) in [7, 11) is 0. The second kappa shape index (κ2) is 4.44. The highest BCUT2D eigenvalue weighted by Gasteiger charge is 2.71. The van der Waals surface area contributed by atoms with E-state index in [9.17, 15) is 30.7 Å². The molecule has 0 fully saturated rings. The molecule has 0 unspecified atom stereocenters. The molecule has 0 aromatic heterocycles. The highest BCUT2D eigenvalue weighted by Crippen LogP contribution is 2.47. The van der Waals surface area contributed by atoms with Crippen molar-refractivity contribution in [2.24, 2.45) is 0 Å². The normalized spacial score (nSPS) is 15.7. The summed E-state index contributed by atoms with van der Waals surface area (Å²) in [4.78, 5) is 0. The third-order valence-corrected chi connectivity index (χ3v) is 1.98. The molecule has 1 N–H and O–H groups in total. The summed E-state index contributed by atoms with van der Waals surface area (Å²) < 4.78 is 83.2. The van der Waals surface area contributed by atoms with Crippen molar-refractivity contribution >= 4 is 22.6 Å². The highest BCUT2D eigenvalue weighted by molar-refractivity contribution is 14.1. The van der Waals surface area contributed by atoms with Crippen LogP contribution in [0.2, 0.25) is 0 Å². The van der Waals surface area contributed by atoms with E-state index in [4.69, 9.17) is 5.11 Å². The first-order valence-electron chi connectivity index (χ1n) is 3.26. The van der Waals surface area contributed by atoms with E-state index in [-0.39, 0.29) is 0 Å². The van der Waals surface area contributed by atoms with E-state index < -0.39 is 34.3 Å². The van der Waals surface area contributed by atoms with Crippen LogP contribution in [0.1, 0.15) is 0 Å². The van der Waals surface area contributed by atoms with Crippen LogP contribution in [-0.2, 0) is 0 Å². The Kier molecular flexibility index (Phi) is 4.42. The molecule has 15 heavy (non-hydrogen) atoms. The Morgan fingerprint density at radius 2 is 1.33 bits per heavy atom. The van der Waals surface area contributed by atoms with Crippen LogP contribution in [0.4, 0.5) is 30.7 Å². The summed E-state index contributed by atoms with van der Waals surface area (Å²) in [6, 6.07) is 0. The van der Waals surface area contributed by atoms with Gasteiger partial charge in [-0.25, -0.2) is 4.39 Å². The van der Waals surface area contributed by atoms with Crippen molar-refractivity contribution in [3.05, 3.63) is 9.66 Å².